The lowest BCUT2D eigenvalue weighted by Crippen LogP contribution is -2.32. The Balaban J connectivity index is 0.000000527. The van der Waals surface area contributed by atoms with Gasteiger partial charge in [0, 0.05) is 13.2 Å². The molecular weight excluding hydrogens is 360 g/mol. The molecule has 150 valence electrons. The van der Waals surface area contributed by atoms with E-state index < -0.39 is 11.7 Å². The molecule has 0 atom stereocenters. The first-order chi connectivity index (χ1) is 12.8. The molecule has 0 radical (unpaired) electrons. The van der Waals surface area contributed by atoms with Crippen molar-refractivity contribution in [3.63, 3.8) is 0 Å². The number of aromatic nitrogens is 1. The van der Waals surface area contributed by atoms with E-state index in [0.717, 1.165) is 29.7 Å². The van der Waals surface area contributed by atoms with Crippen molar-refractivity contribution in [2.75, 3.05) is 6.61 Å². The zero-order valence-corrected chi connectivity index (χ0v) is 17.9. The van der Waals surface area contributed by atoms with Gasteiger partial charge in [0.25, 0.3) is 0 Å². The number of hydrogen-bond acceptors (Lipinski definition) is 5. The van der Waals surface area contributed by atoms with Crippen molar-refractivity contribution in [2.45, 2.75) is 66.0 Å². The SMILES string of the molecule is CCCCCO.Cc1ncsc1-c1ccc(CNC(=O)OC(C)(C)C)cc1. The number of benzene rings is 1. The van der Waals surface area contributed by atoms with Gasteiger partial charge >= 0.3 is 6.09 Å². The smallest absolute Gasteiger partial charge is 0.407 e. The standard InChI is InChI=1S/C16H20N2O2S.C5H12O/c1-11-14(21-10-18-11)13-7-5-12(6-8-13)9-17-15(19)20-16(2,3)4;1-2-3-4-5-6/h5-8,10H,9H2,1-4H3,(H,17,19);6H,2-5H2,1H3. The Morgan fingerprint density at radius 3 is 2.33 bits per heavy atom. The molecule has 1 heterocycles. The van der Waals surface area contributed by atoms with Crippen molar-refractivity contribution in [3.05, 3.63) is 41.0 Å². The molecule has 0 aliphatic carbocycles. The van der Waals surface area contributed by atoms with Crippen molar-refractivity contribution >= 4 is 17.4 Å². The first kappa shape index (κ1) is 23.1. The van der Waals surface area contributed by atoms with E-state index in [2.05, 4.69) is 17.2 Å². The second kappa shape index (κ2) is 11.7. The summed E-state index contributed by atoms with van der Waals surface area (Å²) in [4.78, 5) is 17.0. The van der Waals surface area contributed by atoms with Gasteiger partial charge in [0.1, 0.15) is 5.60 Å². The van der Waals surface area contributed by atoms with Gasteiger partial charge in [-0.1, -0.05) is 44.0 Å². The van der Waals surface area contributed by atoms with Gasteiger partial charge in [-0.15, -0.1) is 11.3 Å². The minimum atomic E-state index is -0.475. The van der Waals surface area contributed by atoms with E-state index in [-0.39, 0.29) is 0 Å². The number of carbonyl (C=O) groups is 1. The normalized spacial score (nSPS) is 10.7. The third kappa shape index (κ3) is 9.54. The molecule has 6 heteroatoms. The summed E-state index contributed by atoms with van der Waals surface area (Å²) >= 11 is 1.63. The third-order valence-electron chi connectivity index (χ3n) is 3.56. The quantitative estimate of drug-likeness (QED) is 0.653. The zero-order valence-electron chi connectivity index (χ0n) is 17.0. The van der Waals surface area contributed by atoms with E-state index >= 15 is 0 Å². The van der Waals surface area contributed by atoms with Crippen molar-refractivity contribution in [1.29, 1.82) is 0 Å². The highest BCUT2D eigenvalue weighted by atomic mass is 32.1. The lowest BCUT2D eigenvalue weighted by Gasteiger charge is -2.19. The molecule has 1 amide bonds. The van der Waals surface area contributed by atoms with Gasteiger partial charge in [0.2, 0.25) is 0 Å². The number of aryl methyl sites for hydroxylation is 1. The Labute approximate surface area is 166 Å². The van der Waals surface area contributed by atoms with Gasteiger partial charge in [-0.25, -0.2) is 9.78 Å². The number of alkyl carbamates (subject to hydrolysis) is 1. The number of aliphatic hydroxyl groups is 1. The number of amides is 1. The van der Waals surface area contributed by atoms with Gasteiger partial charge in [0.15, 0.2) is 0 Å². The molecule has 0 bridgehead atoms. The molecule has 0 aliphatic rings. The van der Waals surface area contributed by atoms with E-state index in [1.807, 2.05) is 57.5 Å². The van der Waals surface area contributed by atoms with Crippen LogP contribution in [0.5, 0.6) is 0 Å². The molecule has 2 N–H and O–H groups in total. The Bertz CT molecular complexity index is 671. The van der Waals surface area contributed by atoms with Crippen LogP contribution in [0.25, 0.3) is 10.4 Å². The van der Waals surface area contributed by atoms with E-state index in [4.69, 9.17) is 9.84 Å². The molecule has 0 aliphatic heterocycles. The second-order valence-corrected chi connectivity index (χ2v) is 8.10. The van der Waals surface area contributed by atoms with Gasteiger partial charge in [-0.05, 0) is 45.2 Å². The Morgan fingerprint density at radius 1 is 1.22 bits per heavy atom. The minimum absolute atomic E-state index is 0.355. The number of rotatable bonds is 6. The van der Waals surface area contributed by atoms with Crippen molar-refractivity contribution in [1.82, 2.24) is 10.3 Å². The maximum absolute atomic E-state index is 11.6. The Morgan fingerprint density at radius 2 is 1.89 bits per heavy atom. The summed E-state index contributed by atoms with van der Waals surface area (Å²) < 4.78 is 5.20. The lowest BCUT2D eigenvalue weighted by molar-refractivity contribution is 0.0523. The second-order valence-electron chi connectivity index (χ2n) is 7.25. The molecule has 0 spiro atoms. The minimum Gasteiger partial charge on any atom is -0.444 e. The molecule has 5 nitrogen and oxygen atoms in total. The fraction of sp³-hybridized carbons (Fsp3) is 0.524. The van der Waals surface area contributed by atoms with Crippen LogP contribution in [-0.2, 0) is 11.3 Å². The average molecular weight is 393 g/mol. The molecule has 1 aromatic heterocycles. The van der Waals surface area contributed by atoms with Crippen LogP contribution in [0, 0.1) is 6.92 Å². The van der Waals surface area contributed by atoms with Crippen LogP contribution in [0.4, 0.5) is 4.79 Å². The summed E-state index contributed by atoms with van der Waals surface area (Å²) in [5.41, 5.74) is 4.60. The molecule has 0 saturated carbocycles. The van der Waals surface area contributed by atoms with Crippen molar-refractivity contribution in [3.8, 4) is 10.4 Å². The fourth-order valence-electron chi connectivity index (χ4n) is 2.20. The van der Waals surface area contributed by atoms with E-state index in [9.17, 15) is 4.79 Å². The molecule has 2 rings (SSSR count). The summed E-state index contributed by atoms with van der Waals surface area (Å²) in [6.45, 7) is 10.5. The van der Waals surface area contributed by atoms with Crippen LogP contribution in [0.3, 0.4) is 0 Å². The van der Waals surface area contributed by atoms with Crippen LogP contribution in [0.2, 0.25) is 0 Å². The highest BCUT2D eigenvalue weighted by molar-refractivity contribution is 7.13. The number of aliphatic hydroxyl groups excluding tert-OH is 1. The van der Waals surface area contributed by atoms with Crippen LogP contribution in [0.15, 0.2) is 29.8 Å². The Kier molecular flexibility index (Phi) is 10.0. The third-order valence-corrected chi connectivity index (χ3v) is 4.54. The van der Waals surface area contributed by atoms with E-state index in [1.165, 1.54) is 11.3 Å². The number of unbranched alkanes of at least 4 members (excludes halogenated alkanes) is 2. The molecule has 1 aromatic carbocycles. The average Bonchev–Trinajstić information content (AvgIpc) is 3.04. The van der Waals surface area contributed by atoms with Gasteiger partial charge in [-0.2, -0.15) is 0 Å². The topological polar surface area (TPSA) is 71.5 Å². The van der Waals surface area contributed by atoms with Crippen LogP contribution in [0.1, 0.15) is 58.2 Å². The van der Waals surface area contributed by atoms with Crippen molar-refractivity contribution < 1.29 is 14.6 Å². The largest absolute Gasteiger partial charge is 0.444 e. The summed E-state index contributed by atoms with van der Waals surface area (Å²) in [6.07, 6.45) is 2.93. The number of carbonyl (C=O) groups excluding carboxylic acids is 1. The summed E-state index contributed by atoms with van der Waals surface area (Å²) in [7, 11) is 0. The molecule has 0 fully saturated rings. The number of thiazole rings is 1. The summed E-state index contributed by atoms with van der Waals surface area (Å²) in [5, 5.41) is 10.9. The highest BCUT2D eigenvalue weighted by Crippen LogP contribution is 2.27. The predicted molar refractivity (Wildman–Crippen MR) is 112 cm³/mol. The molecule has 27 heavy (non-hydrogen) atoms. The number of hydrogen-bond donors (Lipinski definition) is 2. The van der Waals surface area contributed by atoms with Crippen LogP contribution < -0.4 is 5.32 Å². The van der Waals surface area contributed by atoms with Gasteiger partial charge in [0.05, 0.1) is 16.1 Å². The maximum atomic E-state index is 11.6. The first-order valence-corrected chi connectivity index (χ1v) is 10.2. The first-order valence-electron chi connectivity index (χ1n) is 9.34. The van der Waals surface area contributed by atoms with Gasteiger partial charge in [-0.3, -0.25) is 0 Å². The van der Waals surface area contributed by atoms with Crippen LogP contribution >= 0.6 is 11.3 Å². The van der Waals surface area contributed by atoms with Gasteiger partial charge < -0.3 is 15.2 Å². The molecule has 2 aromatic rings. The number of ether oxygens (including phenoxy) is 1. The number of nitrogens with one attached hydrogen (secondary N) is 1. The summed E-state index contributed by atoms with van der Waals surface area (Å²) in [6, 6.07) is 8.11. The summed E-state index contributed by atoms with van der Waals surface area (Å²) in [5.74, 6) is 0. The van der Waals surface area contributed by atoms with Crippen molar-refractivity contribution in [2.24, 2.45) is 0 Å². The maximum Gasteiger partial charge on any atom is 0.407 e. The zero-order chi connectivity index (χ0) is 20.3. The fourth-order valence-corrected chi connectivity index (χ4v) is 3.01. The van der Waals surface area contributed by atoms with E-state index in [1.54, 1.807) is 11.3 Å². The Hall–Kier alpha value is -1.92. The van der Waals surface area contributed by atoms with Crippen LogP contribution in [-0.4, -0.2) is 28.4 Å². The molecule has 0 saturated heterocycles. The lowest BCUT2D eigenvalue weighted by atomic mass is 10.1. The molecule has 0 unspecified atom stereocenters. The predicted octanol–water partition coefficient (Wildman–Crippen LogP) is 5.31. The number of nitrogens with zero attached hydrogens (tertiary/aromatic N) is 1. The van der Waals surface area contributed by atoms with E-state index in [0.29, 0.717) is 13.2 Å². The highest BCUT2D eigenvalue weighted by Gasteiger charge is 2.15. The molecular formula is C21H32N2O3S. The monoisotopic (exact) mass is 392 g/mol.